The molecule has 1 heterocycles. The molecule has 1 aliphatic heterocycles. The molecule has 2 atom stereocenters. The lowest BCUT2D eigenvalue weighted by atomic mass is 10.2. The summed E-state index contributed by atoms with van der Waals surface area (Å²) in [7, 11) is -2.99. The Morgan fingerprint density at radius 1 is 1.65 bits per heavy atom. The lowest BCUT2D eigenvalue weighted by molar-refractivity contribution is -0.122. The lowest BCUT2D eigenvalue weighted by Gasteiger charge is -2.23. The minimum absolute atomic E-state index is 0.0317. The topological polar surface area (TPSA) is 75.3 Å². The molecule has 17 heavy (non-hydrogen) atoms. The van der Waals surface area contributed by atoms with Crippen LogP contribution < -0.4 is 10.6 Å². The van der Waals surface area contributed by atoms with E-state index in [0.29, 0.717) is 13.0 Å². The Bertz CT molecular complexity index is 411. The summed E-state index contributed by atoms with van der Waals surface area (Å²) in [6.45, 7) is 2.24. The fourth-order valence-corrected chi connectivity index (χ4v) is 3.23. The average Bonchev–Trinajstić information content (AvgIpc) is 2.15. The summed E-state index contributed by atoms with van der Waals surface area (Å²) in [6.07, 6.45) is 5.78. The second-order valence-corrected chi connectivity index (χ2v) is 6.58. The Morgan fingerprint density at radius 3 is 2.94 bits per heavy atom. The van der Waals surface area contributed by atoms with Gasteiger partial charge in [-0.3, -0.25) is 4.79 Å². The quantitative estimate of drug-likeness (QED) is 0.653. The van der Waals surface area contributed by atoms with Crippen LogP contribution in [0.3, 0.4) is 0 Å². The fourth-order valence-electron chi connectivity index (χ4n) is 1.78. The van der Waals surface area contributed by atoms with E-state index in [-0.39, 0.29) is 35.9 Å². The number of hydrogen-bond acceptors (Lipinski definition) is 4. The van der Waals surface area contributed by atoms with Crippen molar-refractivity contribution in [3.63, 3.8) is 0 Å². The summed E-state index contributed by atoms with van der Waals surface area (Å²) >= 11 is 0. The average molecular weight is 258 g/mol. The maximum absolute atomic E-state index is 11.6. The van der Waals surface area contributed by atoms with Gasteiger partial charge in [0.05, 0.1) is 11.5 Å². The fraction of sp³-hybridized carbons (Fsp3) is 0.727. The van der Waals surface area contributed by atoms with Crippen LogP contribution in [0.15, 0.2) is 0 Å². The Hall–Kier alpha value is -1.06. The molecular weight excluding hydrogens is 240 g/mol. The van der Waals surface area contributed by atoms with Gasteiger partial charge < -0.3 is 10.6 Å². The van der Waals surface area contributed by atoms with Crippen molar-refractivity contribution in [2.24, 2.45) is 0 Å². The maximum atomic E-state index is 11.6. The third kappa shape index (κ3) is 5.20. The van der Waals surface area contributed by atoms with Gasteiger partial charge in [0, 0.05) is 31.5 Å². The van der Waals surface area contributed by atoms with E-state index in [9.17, 15) is 13.2 Å². The summed E-state index contributed by atoms with van der Waals surface area (Å²) in [5.41, 5.74) is 0. The van der Waals surface area contributed by atoms with E-state index in [1.165, 1.54) is 0 Å². The zero-order chi connectivity index (χ0) is 12.9. The van der Waals surface area contributed by atoms with Gasteiger partial charge in [0.15, 0.2) is 9.84 Å². The molecule has 5 nitrogen and oxygen atoms in total. The monoisotopic (exact) mass is 258 g/mol. The summed E-state index contributed by atoms with van der Waals surface area (Å²) in [6, 6.07) is -0.362. The van der Waals surface area contributed by atoms with Crippen molar-refractivity contribution in [2.75, 3.05) is 18.1 Å². The zero-order valence-corrected chi connectivity index (χ0v) is 10.7. The van der Waals surface area contributed by atoms with Gasteiger partial charge in [0.25, 0.3) is 0 Å². The van der Waals surface area contributed by atoms with Gasteiger partial charge >= 0.3 is 0 Å². The molecule has 1 aliphatic rings. The van der Waals surface area contributed by atoms with Gasteiger partial charge in [-0.25, -0.2) is 8.42 Å². The van der Waals surface area contributed by atoms with Crippen LogP contribution in [0.5, 0.6) is 0 Å². The minimum atomic E-state index is -2.99. The van der Waals surface area contributed by atoms with Gasteiger partial charge in [0.2, 0.25) is 5.91 Å². The highest BCUT2D eigenvalue weighted by Crippen LogP contribution is 2.05. The predicted octanol–water partition coefficient (Wildman–Crippen LogP) is -0.709. The first-order valence-electron chi connectivity index (χ1n) is 5.59. The molecule has 0 aliphatic carbocycles. The molecule has 1 fully saturated rings. The smallest absolute Gasteiger partial charge is 0.221 e. The SMILES string of the molecule is C#CCC(C)NC(=O)CC1CS(=O)(=O)CCN1. The molecule has 96 valence electrons. The molecule has 2 N–H and O–H groups in total. The zero-order valence-electron chi connectivity index (χ0n) is 9.90. The number of terminal acetylenes is 1. The molecule has 6 heteroatoms. The number of amides is 1. The van der Waals surface area contributed by atoms with Crippen LogP contribution in [-0.4, -0.2) is 44.5 Å². The lowest BCUT2D eigenvalue weighted by Crippen LogP contribution is -2.48. The van der Waals surface area contributed by atoms with Gasteiger partial charge in [-0.15, -0.1) is 12.3 Å². The molecule has 0 bridgehead atoms. The number of carbonyl (C=O) groups is 1. The third-order valence-electron chi connectivity index (χ3n) is 2.56. The Morgan fingerprint density at radius 2 is 2.35 bits per heavy atom. The highest BCUT2D eigenvalue weighted by molar-refractivity contribution is 7.91. The second-order valence-electron chi connectivity index (χ2n) is 4.35. The second kappa shape index (κ2) is 6.03. The van der Waals surface area contributed by atoms with E-state index in [1.54, 1.807) is 0 Å². The van der Waals surface area contributed by atoms with Gasteiger partial charge in [-0.2, -0.15) is 0 Å². The number of hydrogen-bond donors (Lipinski definition) is 2. The molecule has 0 aromatic rings. The molecule has 0 saturated carbocycles. The van der Waals surface area contributed by atoms with E-state index in [1.807, 2.05) is 6.92 Å². The van der Waals surface area contributed by atoms with Gasteiger partial charge in [-0.05, 0) is 6.92 Å². The highest BCUT2D eigenvalue weighted by Gasteiger charge is 2.26. The van der Waals surface area contributed by atoms with E-state index in [2.05, 4.69) is 16.6 Å². The summed E-state index contributed by atoms with van der Waals surface area (Å²) in [5, 5.41) is 5.77. The molecule has 0 spiro atoms. The van der Waals surface area contributed by atoms with Crippen LogP contribution in [0.2, 0.25) is 0 Å². The van der Waals surface area contributed by atoms with Crippen LogP contribution >= 0.6 is 0 Å². The first-order valence-corrected chi connectivity index (χ1v) is 7.41. The standard InChI is InChI=1S/C11H18N2O3S/c1-3-4-9(2)13-11(14)7-10-8-17(15,16)6-5-12-10/h1,9-10,12H,4-8H2,2H3,(H,13,14). The maximum Gasteiger partial charge on any atom is 0.221 e. The van der Waals surface area contributed by atoms with Crippen molar-refractivity contribution in [2.45, 2.75) is 31.8 Å². The number of carbonyl (C=O) groups excluding carboxylic acids is 1. The van der Waals surface area contributed by atoms with E-state index < -0.39 is 9.84 Å². The molecule has 0 radical (unpaired) electrons. The Balaban J connectivity index is 2.39. The molecule has 0 aromatic heterocycles. The first-order chi connectivity index (χ1) is 7.93. The van der Waals surface area contributed by atoms with Gasteiger partial charge in [0.1, 0.15) is 0 Å². The van der Waals surface area contributed by atoms with E-state index >= 15 is 0 Å². The normalized spacial score (nSPS) is 24.6. The minimum Gasteiger partial charge on any atom is -0.353 e. The van der Waals surface area contributed by atoms with Crippen LogP contribution in [0.1, 0.15) is 19.8 Å². The van der Waals surface area contributed by atoms with Gasteiger partial charge in [-0.1, -0.05) is 0 Å². The van der Waals surface area contributed by atoms with Crippen molar-refractivity contribution in [3.8, 4) is 12.3 Å². The van der Waals surface area contributed by atoms with Crippen molar-refractivity contribution in [1.82, 2.24) is 10.6 Å². The van der Waals surface area contributed by atoms with Crippen LogP contribution in [-0.2, 0) is 14.6 Å². The highest BCUT2D eigenvalue weighted by atomic mass is 32.2. The van der Waals surface area contributed by atoms with E-state index in [4.69, 9.17) is 6.42 Å². The van der Waals surface area contributed by atoms with Crippen molar-refractivity contribution < 1.29 is 13.2 Å². The predicted molar refractivity (Wildman–Crippen MR) is 66.1 cm³/mol. The Kier molecular flexibility index (Phi) is 4.97. The van der Waals surface area contributed by atoms with Crippen molar-refractivity contribution in [3.05, 3.63) is 0 Å². The number of sulfone groups is 1. The van der Waals surface area contributed by atoms with Crippen molar-refractivity contribution in [1.29, 1.82) is 0 Å². The summed E-state index contributed by atoms with van der Waals surface area (Å²) in [4.78, 5) is 11.6. The third-order valence-corrected chi connectivity index (χ3v) is 4.30. The summed E-state index contributed by atoms with van der Waals surface area (Å²) < 4.78 is 22.7. The van der Waals surface area contributed by atoms with Crippen molar-refractivity contribution >= 4 is 15.7 Å². The number of rotatable bonds is 4. The molecule has 1 amide bonds. The molecular formula is C11H18N2O3S. The van der Waals surface area contributed by atoms with Crippen LogP contribution in [0.25, 0.3) is 0 Å². The first kappa shape index (κ1) is 14.0. The van der Waals surface area contributed by atoms with E-state index in [0.717, 1.165) is 0 Å². The summed E-state index contributed by atoms with van der Waals surface area (Å²) in [5.74, 6) is 2.48. The number of nitrogens with one attached hydrogen (secondary N) is 2. The molecule has 1 saturated heterocycles. The van der Waals surface area contributed by atoms with Crippen LogP contribution in [0, 0.1) is 12.3 Å². The Labute approximate surface area is 102 Å². The molecule has 1 rings (SSSR count). The largest absolute Gasteiger partial charge is 0.353 e. The molecule has 0 aromatic carbocycles. The van der Waals surface area contributed by atoms with Crippen LogP contribution in [0.4, 0.5) is 0 Å². The molecule has 2 unspecified atom stereocenters.